The SMILES string of the molecule is C[C@@H](Oc1c(N)ncc2c(C3=CCN(C(=O)N4CCNCC4)CC3)coc12)c1c(F)ccc(F)c1Cl. The maximum absolute atomic E-state index is 14.4. The van der Waals surface area contributed by atoms with Crippen molar-refractivity contribution in [3.8, 4) is 5.75 Å². The van der Waals surface area contributed by atoms with Gasteiger partial charge >= 0.3 is 6.03 Å². The lowest BCUT2D eigenvalue weighted by Crippen LogP contribution is -2.52. The second kappa shape index (κ2) is 9.94. The summed E-state index contributed by atoms with van der Waals surface area (Å²) in [6.07, 6.45) is 4.88. The van der Waals surface area contributed by atoms with Crippen molar-refractivity contribution in [1.82, 2.24) is 20.1 Å². The van der Waals surface area contributed by atoms with Gasteiger partial charge in [0, 0.05) is 56.6 Å². The van der Waals surface area contributed by atoms with E-state index in [1.54, 1.807) is 19.4 Å². The number of anilines is 1. The highest BCUT2D eigenvalue weighted by atomic mass is 35.5. The molecule has 2 aliphatic rings. The van der Waals surface area contributed by atoms with Crippen LogP contribution in [0.25, 0.3) is 16.5 Å². The molecule has 1 aromatic carbocycles. The summed E-state index contributed by atoms with van der Waals surface area (Å²) in [5.74, 6) is -1.27. The van der Waals surface area contributed by atoms with Gasteiger partial charge in [-0.1, -0.05) is 17.7 Å². The molecule has 0 bridgehead atoms. The summed E-state index contributed by atoms with van der Waals surface area (Å²) in [5, 5.41) is 3.57. The summed E-state index contributed by atoms with van der Waals surface area (Å²) in [6, 6.07) is 2.00. The lowest BCUT2D eigenvalue weighted by molar-refractivity contribution is 0.151. The Hall–Kier alpha value is -3.37. The number of furan rings is 1. The highest BCUT2D eigenvalue weighted by Crippen LogP contribution is 2.40. The molecule has 0 spiro atoms. The number of piperazine rings is 1. The van der Waals surface area contributed by atoms with Crippen LogP contribution in [0.5, 0.6) is 5.75 Å². The molecule has 5 rings (SSSR count). The summed E-state index contributed by atoms with van der Waals surface area (Å²) in [4.78, 5) is 20.7. The van der Waals surface area contributed by atoms with E-state index < -0.39 is 17.7 Å². The van der Waals surface area contributed by atoms with Crippen LogP contribution in [0.1, 0.15) is 30.6 Å². The van der Waals surface area contributed by atoms with E-state index in [1.807, 2.05) is 15.9 Å². The van der Waals surface area contributed by atoms with Gasteiger partial charge in [0.25, 0.3) is 0 Å². The first kappa shape index (κ1) is 24.3. The van der Waals surface area contributed by atoms with Crippen LogP contribution < -0.4 is 15.8 Å². The highest BCUT2D eigenvalue weighted by Gasteiger charge is 2.27. The minimum absolute atomic E-state index is 0.0474. The predicted molar refractivity (Wildman–Crippen MR) is 133 cm³/mol. The van der Waals surface area contributed by atoms with Gasteiger partial charge in [0.2, 0.25) is 5.75 Å². The third-order valence-electron chi connectivity index (χ3n) is 6.59. The Morgan fingerprint density at radius 3 is 2.69 bits per heavy atom. The second-order valence-corrected chi connectivity index (χ2v) is 9.20. The number of halogens is 3. The Morgan fingerprint density at radius 2 is 1.97 bits per heavy atom. The molecule has 0 saturated carbocycles. The lowest BCUT2D eigenvalue weighted by atomic mass is 9.99. The van der Waals surface area contributed by atoms with Crippen LogP contribution in [0.15, 0.2) is 35.1 Å². The van der Waals surface area contributed by atoms with Crippen molar-refractivity contribution in [2.24, 2.45) is 0 Å². The number of aromatic nitrogens is 1. The largest absolute Gasteiger partial charge is 0.478 e. The first-order valence-electron chi connectivity index (χ1n) is 11.7. The maximum atomic E-state index is 14.4. The zero-order valence-corrected chi connectivity index (χ0v) is 20.4. The average Bonchev–Trinajstić information content (AvgIpc) is 3.33. The summed E-state index contributed by atoms with van der Waals surface area (Å²) in [6.45, 7) is 5.64. The second-order valence-electron chi connectivity index (χ2n) is 8.83. The number of fused-ring (bicyclic) bond motifs is 1. The number of nitrogens with zero attached hydrogens (tertiary/aromatic N) is 3. The summed E-state index contributed by atoms with van der Waals surface area (Å²) >= 11 is 6.00. The van der Waals surface area contributed by atoms with E-state index in [9.17, 15) is 13.6 Å². The summed E-state index contributed by atoms with van der Waals surface area (Å²) < 4.78 is 40.1. The molecule has 8 nitrogen and oxygen atoms in total. The molecule has 36 heavy (non-hydrogen) atoms. The Morgan fingerprint density at radius 1 is 1.22 bits per heavy atom. The molecule has 3 N–H and O–H groups in total. The van der Waals surface area contributed by atoms with Gasteiger partial charge in [-0.25, -0.2) is 18.6 Å². The number of ether oxygens (including phenoxy) is 1. The monoisotopic (exact) mass is 517 g/mol. The van der Waals surface area contributed by atoms with Crippen molar-refractivity contribution in [2.75, 3.05) is 45.0 Å². The number of nitrogens with two attached hydrogens (primary N) is 1. The Bertz CT molecular complexity index is 1340. The Balaban J connectivity index is 1.39. The van der Waals surface area contributed by atoms with E-state index in [0.29, 0.717) is 43.6 Å². The molecule has 1 fully saturated rings. The van der Waals surface area contributed by atoms with Crippen LogP contribution in [-0.4, -0.2) is 60.1 Å². The standard InChI is InChI=1S/C25H26ClF2N5O3/c1-14(20-18(27)2-3-19(28)21(20)26)36-23-22-16(12-31-24(23)29)17(13-35-22)15-4-8-32(9-5-15)25(34)33-10-6-30-7-11-33/h2-4,12-14,30H,5-11H2,1H3,(H2,29,31)/t14-/m1/s1. The minimum Gasteiger partial charge on any atom is -0.478 e. The van der Waals surface area contributed by atoms with Crippen molar-refractivity contribution in [3.05, 3.63) is 58.5 Å². The van der Waals surface area contributed by atoms with Crippen LogP contribution in [0, 0.1) is 11.6 Å². The zero-order chi connectivity index (χ0) is 25.4. The molecule has 1 saturated heterocycles. The fourth-order valence-electron chi connectivity index (χ4n) is 4.64. The molecule has 2 aliphatic heterocycles. The van der Waals surface area contributed by atoms with Gasteiger partial charge in [-0.05, 0) is 31.1 Å². The van der Waals surface area contributed by atoms with Crippen molar-refractivity contribution in [2.45, 2.75) is 19.4 Å². The van der Waals surface area contributed by atoms with Crippen LogP contribution >= 0.6 is 11.6 Å². The van der Waals surface area contributed by atoms with E-state index in [0.717, 1.165) is 36.4 Å². The molecule has 0 unspecified atom stereocenters. The van der Waals surface area contributed by atoms with Crippen LogP contribution in [-0.2, 0) is 0 Å². The van der Waals surface area contributed by atoms with Gasteiger partial charge < -0.3 is 30.0 Å². The molecular formula is C25H26ClF2N5O3. The smallest absolute Gasteiger partial charge is 0.320 e. The fraction of sp³-hybridized carbons (Fsp3) is 0.360. The van der Waals surface area contributed by atoms with Gasteiger partial charge in [0.1, 0.15) is 17.7 Å². The first-order valence-corrected chi connectivity index (χ1v) is 12.1. The Kier molecular flexibility index (Phi) is 6.72. The summed E-state index contributed by atoms with van der Waals surface area (Å²) in [5.41, 5.74) is 8.12. The van der Waals surface area contributed by atoms with Crippen LogP contribution in [0.3, 0.4) is 0 Å². The molecular weight excluding hydrogens is 492 g/mol. The number of pyridine rings is 1. The van der Waals surface area contributed by atoms with Crippen LogP contribution in [0.4, 0.5) is 19.4 Å². The molecule has 0 radical (unpaired) electrons. The first-order chi connectivity index (χ1) is 17.3. The van der Waals surface area contributed by atoms with E-state index in [2.05, 4.69) is 10.3 Å². The van der Waals surface area contributed by atoms with Gasteiger partial charge in [0.15, 0.2) is 11.4 Å². The van der Waals surface area contributed by atoms with Crippen molar-refractivity contribution in [1.29, 1.82) is 0 Å². The maximum Gasteiger partial charge on any atom is 0.320 e. The molecule has 3 aromatic rings. The molecule has 0 aliphatic carbocycles. The topological polar surface area (TPSA) is 96.9 Å². The van der Waals surface area contributed by atoms with E-state index in [-0.39, 0.29) is 28.2 Å². The number of hydrogen-bond donors (Lipinski definition) is 2. The lowest BCUT2D eigenvalue weighted by Gasteiger charge is -2.34. The number of nitrogens with one attached hydrogen (secondary N) is 1. The van der Waals surface area contributed by atoms with Crippen molar-refractivity contribution < 1.29 is 22.7 Å². The molecule has 4 heterocycles. The van der Waals surface area contributed by atoms with Gasteiger partial charge in [-0.2, -0.15) is 0 Å². The number of nitrogen functional groups attached to an aromatic ring is 1. The van der Waals surface area contributed by atoms with E-state index in [4.69, 9.17) is 26.5 Å². The number of carbonyl (C=O) groups excluding carboxylic acids is 1. The van der Waals surface area contributed by atoms with Crippen molar-refractivity contribution in [3.63, 3.8) is 0 Å². The number of carbonyl (C=O) groups is 1. The molecule has 2 aromatic heterocycles. The number of rotatable bonds is 4. The zero-order valence-electron chi connectivity index (χ0n) is 19.7. The molecule has 1 atom stereocenters. The van der Waals surface area contributed by atoms with Gasteiger partial charge in [-0.15, -0.1) is 0 Å². The Labute approximate surface area is 211 Å². The summed E-state index contributed by atoms with van der Waals surface area (Å²) in [7, 11) is 0. The van der Waals surface area contributed by atoms with Gasteiger partial charge in [0.05, 0.1) is 16.7 Å². The average molecular weight is 518 g/mol. The van der Waals surface area contributed by atoms with Gasteiger partial charge in [-0.3, -0.25) is 0 Å². The number of hydrogen-bond acceptors (Lipinski definition) is 6. The van der Waals surface area contributed by atoms with E-state index >= 15 is 0 Å². The molecule has 11 heteroatoms. The predicted octanol–water partition coefficient (Wildman–Crippen LogP) is 4.60. The van der Waals surface area contributed by atoms with E-state index in [1.165, 1.54) is 0 Å². The number of amides is 2. The third kappa shape index (κ3) is 4.46. The molecule has 2 amide bonds. The normalized spacial score (nSPS) is 17.3. The van der Waals surface area contributed by atoms with Crippen LogP contribution in [0.2, 0.25) is 5.02 Å². The minimum atomic E-state index is -0.963. The third-order valence-corrected chi connectivity index (χ3v) is 6.98. The number of urea groups is 1. The number of benzene rings is 1. The van der Waals surface area contributed by atoms with Crippen molar-refractivity contribution >= 4 is 40.0 Å². The fourth-order valence-corrected chi connectivity index (χ4v) is 4.94. The quantitative estimate of drug-likeness (QED) is 0.491. The molecule has 190 valence electrons. The highest BCUT2D eigenvalue weighted by molar-refractivity contribution is 6.31.